The van der Waals surface area contributed by atoms with Crippen LogP contribution in [-0.2, 0) is 22.6 Å². The molecule has 0 radical (unpaired) electrons. The Bertz CT molecular complexity index is 1090. The SMILES string of the molecule is CCOC(=O)Cc1csc(NN=Cc2cc(Br)ccc2OCc2ccc(F)cc2Cl)n1. The first kappa shape index (κ1) is 23.2. The van der Waals surface area contributed by atoms with Gasteiger partial charge in [-0.3, -0.25) is 10.2 Å². The van der Waals surface area contributed by atoms with Gasteiger partial charge >= 0.3 is 5.97 Å². The van der Waals surface area contributed by atoms with Gasteiger partial charge in [0.05, 0.1) is 30.0 Å². The minimum absolute atomic E-state index is 0.116. The number of halogens is 3. The molecule has 0 spiro atoms. The van der Waals surface area contributed by atoms with Crippen LogP contribution < -0.4 is 10.2 Å². The predicted octanol–water partition coefficient (Wildman–Crippen LogP) is 5.83. The number of ether oxygens (including phenoxy) is 2. The maximum atomic E-state index is 13.2. The number of hydrogen-bond donors (Lipinski definition) is 1. The Hall–Kier alpha value is -2.49. The predicted molar refractivity (Wildman–Crippen MR) is 124 cm³/mol. The topological polar surface area (TPSA) is 72.8 Å². The summed E-state index contributed by atoms with van der Waals surface area (Å²) in [7, 11) is 0. The number of hydrazone groups is 1. The van der Waals surface area contributed by atoms with Gasteiger partial charge in [-0.25, -0.2) is 9.37 Å². The van der Waals surface area contributed by atoms with Crippen molar-refractivity contribution in [3.05, 3.63) is 73.9 Å². The quantitative estimate of drug-likeness (QED) is 0.216. The van der Waals surface area contributed by atoms with Crippen LogP contribution in [0.15, 0.2) is 51.4 Å². The molecule has 6 nitrogen and oxygen atoms in total. The second-order valence-corrected chi connectivity index (χ2v) is 8.38. The van der Waals surface area contributed by atoms with Crippen molar-refractivity contribution in [2.45, 2.75) is 20.0 Å². The van der Waals surface area contributed by atoms with Crippen molar-refractivity contribution in [2.75, 3.05) is 12.0 Å². The Morgan fingerprint density at radius 3 is 2.97 bits per heavy atom. The summed E-state index contributed by atoms with van der Waals surface area (Å²) < 4.78 is 24.8. The van der Waals surface area contributed by atoms with Crippen LogP contribution in [0.5, 0.6) is 5.75 Å². The first-order valence-electron chi connectivity index (χ1n) is 9.20. The standard InChI is InChI=1S/C21H18BrClFN3O3S/c1-2-29-20(28)9-17-12-31-21(26-17)27-25-10-14-7-15(22)4-6-19(14)30-11-13-3-5-16(24)8-18(13)23/h3-8,10,12H,2,9,11H2,1H3,(H,26,27). The van der Waals surface area contributed by atoms with E-state index in [9.17, 15) is 9.18 Å². The fraction of sp³-hybridized carbons (Fsp3) is 0.190. The van der Waals surface area contributed by atoms with Gasteiger partial charge in [0.1, 0.15) is 18.2 Å². The molecule has 0 amide bonds. The van der Waals surface area contributed by atoms with Crippen LogP contribution in [0.4, 0.5) is 9.52 Å². The molecule has 0 unspecified atom stereocenters. The zero-order valence-electron chi connectivity index (χ0n) is 16.4. The number of nitrogens with one attached hydrogen (secondary N) is 1. The largest absolute Gasteiger partial charge is 0.488 e. The van der Waals surface area contributed by atoms with Gasteiger partial charge in [-0.1, -0.05) is 33.6 Å². The van der Waals surface area contributed by atoms with Crippen molar-refractivity contribution in [1.29, 1.82) is 0 Å². The van der Waals surface area contributed by atoms with Crippen LogP contribution in [0.2, 0.25) is 5.02 Å². The van der Waals surface area contributed by atoms with E-state index in [1.54, 1.807) is 30.7 Å². The van der Waals surface area contributed by atoms with Crippen LogP contribution in [0.3, 0.4) is 0 Å². The Morgan fingerprint density at radius 2 is 2.19 bits per heavy atom. The molecular formula is C21H18BrClFN3O3S. The lowest BCUT2D eigenvalue weighted by molar-refractivity contribution is -0.142. The molecule has 2 aromatic carbocycles. The molecule has 3 rings (SSSR count). The summed E-state index contributed by atoms with van der Waals surface area (Å²) >= 11 is 10.8. The molecular weight excluding hydrogens is 509 g/mol. The molecule has 0 saturated carbocycles. The van der Waals surface area contributed by atoms with E-state index in [2.05, 4.69) is 31.4 Å². The van der Waals surface area contributed by atoms with E-state index in [1.165, 1.54) is 23.5 Å². The molecule has 3 aromatic rings. The van der Waals surface area contributed by atoms with Crippen molar-refractivity contribution in [3.63, 3.8) is 0 Å². The van der Waals surface area contributed by atoms with Crippen molar-refractivity contribution < 1.29 is 18.7 Å². The molecule has 31 heavy (non-hydrogen) atoms. The van der Waals surface area contributed by atoms with Gasteiger partial charge in [0.25, 0.3) is 0 Å². The normalized spacial score (nSPS) is 11.0. The number of aromatic nitrogens is 1. The van der Waals surface area contributed by atoms with E-state index < -0.39 is 5.82 Å². The van der Waals surface area contributed by atoms with E-state index in [0.29, 0.717) is 39.3 Å². The zero-order chi connectivity index (χ0) is 22.2. The molecule has 1 aromatic heterocycles. The monoisotopic (exact) mass is 525 g/mol. The van der Waals surface area contributed by atoms with Gasteiger partial charge in [-0.2, -0.15) is 5.10 Å². The van der Waals surface area contributed by atoms with Crippen molar-refractivity contribution >= 4 is 56.2 Å². The number of rotatable bonds is 9. The summed E-state index contributed by atoms with van der Waals surface area (Å²) in [6.07, 6.45) is 1.71. The molecule has 0 bridgehead atoms. The highest BCUT2D eigenvalue weighted by Crippen LogP contribution is 2.25. The fourth-order valence-electron chi connectivity index (χ4n) is 2.50. The third-order valence-corrected chi connectivity index (χ3v) is 5.56. The summed E-state index contributed by atoms with van der Waals surface area (Å²) in [4.78, 5) is 15.8. The third kappa shape index (κ3) is 7.02. The van der Waals surface area contributed by atoms with E-state index >= 15 is 0 Å². The van der Waals surface area contributed by atoms with Gasteiger partial charge in [0.2, 0.25) is 5.13 Å². The lowest BCUT2D eigenvalue weighted by atomic mass is 10.2. The molecule has 0 fully saturated rings. The molecule has 10 heteroatoms. The minimum atomic E-state index is -0.399. The van der Waals surface area contributed by atoms with Crippen LogP contribution in [0, 0.1) is 5.82 Å². The van der Waals surface area contributed by atoms with Crippen molar-refractivity contribution in [1.82, 2.24) is 4.98 Å². The summed E-state index contributed by atoms with van der Waals surface area (Å²) in [5, 5.41) is 6.83. The number of carbonyl (C=O) groups excluding carboxylic acids is 1. The van der Waals surface area contributed by atoms with Gasteiger partial charge in [-0.05, 0) is 37.3 Å². The Labute approximate surface area is 196 Å². The molecule has 162 valence electrons. The molecule has 0 aliphatic carbocycles. The molecule has 0 saturated heterocycles. The van der Waals surface area contributed by atoms with E-state index in [-0.39, 0.29) is 19.0 Å². The lowest BCUT2D eigenvalue weighted by Gasteiger charge is -2.11. The number of anilines is 1. The van der Waals surface area contributed by atoms with Gasteiger partial charge in [-0.15, -0.1) is 11.3 Å². The smallest absolute Gasteiger partial charge is 0.311 e. The van der Waals surface area contributed by atoms with Crippen LogP contribution >= 0.6 is 38.9 Å². The Balaban J connectivity index is 1.64. The highest BCUT2D eigenvalue weighted by molar-refractivity contribution is 9.10. The summed E-state index contributed by atoms with van der Waals surface area (Å²) in [6, 6.07) is 9.66. The molecule has 0 aliphatic rings. The van der Waals surface area contributed by atoms with E-state index in [1.807, 2.05) is 12.1 Å². The second kappa shape index (κ2) is 11.2. The number of carbonyl (C=O) groups is 1. The fourth-order valence-corrected chi connectivity index (χ4v) is 3.76. The number of thiazole rings is 1. The summed E-state index contributed by atoms with van der Waals surface area (Å²) in [5.41, 5.74) is 4.84. The summed E-state index contributed by atoms with van der Waals surface area (Å²) in [6.45, 7) is 2.27. The molecule has 1 N–H and O–H groups in total. The molecule has 0 aliphatic heterocycles. The van der Waals surface area contributed by atoms with Gasteiger partial charge in [0.15, 0.2) is 0 Å². The molecule has 0 atom stereocenters. The van der Waals surface area contributed by atoms with E-state index in [0.717, 1.165) is 4.47 Å². The van der Waals surface area contributed by atoms with Crippen LogP contribution in [-0.4, -0.2) is 23.8 Å². The molecule has 1 heterocycles. The first-order chi connectivity index (χ1) is 14.9. The average Bonchev–Trinajstić information content (AvgIpc) is 3.15. The van der Waals surface area contributed by atoms with Crippen LogP contribution in [0.1, 0.15) is 23.7 Å². The number of hydrogen-bond acceptors (Lipinski definition) is 7. The average molecular weight is 527 g/mol. The Morgan fingerprint density at radius 1 is 1.35 bits per heavy atom. The maximum absolute atomic E-state index is 13.2. The van der Waals surface area contributed by atoms with Crippen LogP contribution in [0.25, 0.3) is 0 Å². The number of esters is 1. The third-order valence-electron chi connectivity index (χ3n) is 3.92. The van der Waals surface area contributed by atoms with Crippen molar-refractivity contribution in [3.8, 4) is 5.75 Å². The van der Waals surface area contributed by atoms with E-state index in [4.69, 9.17) is 21.1 Å². The lowest BCUT2D eigenvalue weighted by Crippen LogP contribution is -2.07. The van der Waals surface area contributed by atoms with Gasteiger partial charge < -0.3 is 9.47 Å². The highest BCUT2D eigenvalue weighted by Gasteiger charge is 2.09. The Kier molecular flexibility index (Phi) is 8.39. The van der Waals surface area contributed by atoms with Crippen molar-refractivity contribution in [2.24, 2.45) is 5.10 Å². The minimum Gasteiger partial charge on any atom is -0.488 e. The highest BCUT2D eigenvalue weighted by atomic mass is 79.9. The summed E-state index contributed by atoms with van der Waals surface area (Å²) in [5.74, 6) is -0.139. The van der Waals surface area contributed by atoms with Gasteiger partial charge in [0, 0.05) is 21.0 Å². The number of nitrogens with zero attached hydrogens (tertiary/aromatic N) is 2. The first-order valence-corrected chi connectivity index (χ1v) is 11.2. The number of benzene rings is 2. The maximum Gasteiger partial charge on any atom is 0.311 e. The second-order valence-electron chi connectivity index (χ2n) is 6.20. The zero-order valence-corrected chi connectivity index (χ0v) is 19.6.